The smallest absolute Gasteiger partial charge is 0.167 e. The first-order valence-electron chi connectivity index (χ1n) is 5.83. The van der Waals surface area contributed by atoms with E-state index in [1.807, 2.05) is 0 Å². The molecule has 2 aromatic carbocycles. The SMILES string of the molecule is COc1cccc(Oc2cc(F)cc(Br)c2)c1C(C)=O. The van der Waals surface area contributed by atoms with Gasteiger partial charge in [0.1, 0.15) is 28.6 Å². The lowest BCUT2D eigenvalue weighted by Gasteiger charge is -2.12. The number of Topliss-reactive ketones (excluding diaryl/α,β-unsaturated/α-hetero) is 1. The van der Waals surface area contributed by atoms with Crippen molar-refractivity contribution >= 4 is 21.7 Å². The van der Waals surface area contributed by atoms with Gasteiger partial charge in [-0.25, -0.2) is 4.39 Å². The predicted octanol–water partition coefficient (Wildman–Crippen LogP) is 4.59. The summed E-state index contributed by atoms with van der Waals surface area (Å²) in [7, 11) is 1.48. The first-order chi connectivity index (χ1) is 9.51. The molecule has 2 rings (SSSR count). The fraction of sp³-hybridized carbons (Fsp3) is 0.133. The van der Waals surface area contributed by atoms with E-state index < -0.39 is 5.82 Å². The third-order valence-electron chi connectivity index (χ3n) is 2.62. The zero-order valence-corrected chi connectivity index (χ0v) is 12.5. The van der Waals surface area contributed by atoms with E-state index in [4.69, 9.17) is 9.47 Å². The van der Waals surface area contributed by atoms with E-state index >= 15 is 0 Å². The highest BCUT2D eigenvalue weighted by molar-refractivity contribution is 9.10. The van der Waals surface area contributed by atoms with E-state index in [-0.39, 0.29) is 5.78 Å². The number of halogens is 2. The molecule has 0 saturated carbocycles. The quantitative estimate of drug-likeness (QED) is 0.764. The van der Waals surface area contributed by atoms with Crippen molar-refractivity contribution in [1.82, 2.24) is 0 Å². The van der Waals surface area contributed by atoms with Gasteiger partial charge in [0.05, 0.1) is 7.11 Å². The number of methoxy groups -OCH3 is 1. The van der Waals surface area contributed by atoms with Crippen LogP contribution < -0.4 is 9.47 Å². The topological polar surface area (TPSA) is 35.5 Å². The van der Waals surface area contributed by atoms with E-state index in [0.29, 0.717) is 27.3 Å². The minimum Gasteiger partial charge on any atom is -0.496 e. The number of rotatable bonds is 4. The van der Waals surface area contributed by atoms with Crippen molar-refractivity contribution in [3.8, 4) is 17.2 Å². The molecule has 0 radical (unpaired) electrons. The van der Waals surface area contributed by atoms with Gasteiger partial charge in [-0.05, 0) is 31.2 Å². The molecule has 0 atom stereocenters. The van der Waals surface area contributed by atoms with Crippen molar-refractivity contribution in [2.75, 3.05) is 7.11 Å². The summed E-state index contributed by atoms with van der Waals surface area (Å²) < 4.78 is 24.6. The average molecular weight is 339 g/mol. The maximum absolute atomic E-state index is 13.3. The van der Waals surface area contributed by atoms with Crippen LogP contribution in [0.2, 0.25) is 0 Å². The monoisotopic (exact) mass is 338 g/mol. The molecule has 0 aliphatic rings. The van der Waals surface area contributed by atoms with Crippen molar-refractivity contribution in [3.63, 3.8) is 0 Å². The van der Waals surface area contributed by atoms with Gasteiger partial charge in [0.25, 0.3) is 0 Å². The lowest BCUT2D eigenvalue weighted by atomic mass is 10.1. The highest BCUT2D eigenvalue weighted by Crippen LogP contribution is 2.33. The molecule has 5 heteroatoms. The van der Waals surface area contributed by atoms with Crippen molar-refractivity contribution in [2.45, 2.75) is 6.92 Å². The van der Waals surface area contributed by atoms with Gasteiger partial charge in [-0.1, -0.05) is 22.0 Å². The summed E-state index contributed by atoms with van der Waals surface area (Å²) in [6.45, 7) is 1.42. The van der Waals surface area contributed by atoms with Gasteiger partial charge < -0.3 is 9.47 Å². The Balaban J connectivity index is 2.45. The lowest BCUT2D eigenvalue weighted by molar-refractivity contribution is 0.101. The Labute approximate surface area is 124 Å². The second-order valence-electron chi connectivity index (χ2n) is 4.10. The summed E-state index contributed by atoms with van der Waals surface area (Å²) >= 11 is 3.19. The average Bonchev–Trinajstić information content (AvgIpc) is 2.36. The Morgan fingerprint density at radius 3 is 2.50 bits per heavy atom. The summed E-state index contributed by atoms with van der Waals surface area (Å²) in [6.07, 6.45) is 0. The zero-order valence-electron chi connectivity index (χ0n) is 10.9. The molecule has 2 aromatic rings. The first-order valence-corrected chi connectivity index (χ1v) is 6.62. The van der Waals surface area contributed by atoms with Crippen LogP contribution in [0.4, 0.5) is 4.39 Å². The van der Waals surface area contributed by atoms with Gasteiger partial charge in [-0.15, -0.1) is 0 Å². The van der Waals surface area contributed by atoms with E-state index in [1.165, 1.54) is 26.2 Å². The van der Waals surface area contributed by atoms with Gasteiger partial charge in [0.15, 0.2) is 5.78 Å². The van der Waals surface area contributed by atoms with Crippen molar-refractivity contribution < 1.29 is 18.7 Å². The molecular weight excluding hydrogens is 327 g/mol. The normalized spacial score (nSPS) is 10.2. The Hall–Kier alpha value is -1.88. The summed E-state index contributed by atoms with van der Waals surface area (Å²) in [5.41, 5.74) is 0.329. The zero-order chi connectivity index (χ0) is 14.7. The minimum atomic E-state index is -0.429. The minimum absolute atomic E-state index is 0.187. The molecular formula is C15H12BrFO3. The fourth-order valence-corrected chi connectivity index (χ4v) is 2.27. The first kappa shape index (κ1) is 14.5. The molecule has 0 unspecified atom stereocenters. The van der Waals surface area contributed by atoms with Crippen LogP contribution in [-0.4, -0.2) is 12.9 Å². The molecule has 0 fully saturated rings. The van der Waals surface area contributed by atoms with Crippen LogP contribution in [-0.2, 0) is 0 Å². The number of hydrogen-bond acceptors (Lipinski definition) is 3. The van der Waals surface area contributed by atoms with E-state index in [2.05, 4.69) is 15.9 Å². The van der Waals surface area contributed by atoms with Crippen LogP contribution in [0.15, 0.2) is 40.9 Å². The van der Waals surface area contributed by atoms with E-state index in [1.54, 1.807) is 24.3 Å². The number of ketones is 1. The molecule has 3 nitrogen and oxygen atoms in total. The second kappa shape index (κ2) is 6.05. The third kappa shape index (κ3) is 3.17. The van der Waals surface area contributed by atoms with Crippen LogP contribution in [0.3, 0.4) is 0 Å². The molecule has 104 valence electrons. The van der Waals surface area contributed by atoms with Crippen LogP contribution in [0.25, 0.3) is 0 Å². The Morgan fingerprint density at radius 1 is 1.20 bits per heavy atom. The number of benzene rings is 2. The maximum atomic E-state index is 13.3. The maximum Gasteiger partial charge on any atom is 0.167 e. The van der Waals surface area contributed by atoms with Gasteiger partial charge in [0, 0.05) is 10.5 Å². The van der Waals surface area contributed by atoms with Crippen molar-refractivity contribution in [3.05, 3.63) is 52.3 Å². The Morgan fingerprint density at radius 2 is 1.90 bits per heavy atom. The van der Waals surface area contributed by atoms with E-state index in [0.717, 1.165) is 0 Å². The molecule has 20 heavy (non-hydrogen) atoms. The summed E-state index contributed by atoms with van der Waals surface area (Å²) in [4.78, 5) is 11.7. The third-order valence-corrected chi connectivity index (χ3v) is 3.08. The van der Waals surface area contributed by atoms with Gasteiger partial charge in [0.2, 0.25) is 0 Å². The number of carbonyl (C=O) groups is 1. The standard InChI is InChI=1S/C15H12BrFO3/c1-9(18)15-13(19-2)4-3-5-14(15)20-12-7-10(16)6-11(17)8-12/h3-8H,1-2H3. The Bertz CT molecular complexity index is 635. The van der Waals surface area contributed by atoms with E-state index in [9.17, 15) is 9.18 Å². The summed E-state index contributed by atoms with van der Waals surface area (Å²) in [5, 5.41) is 0. The predicted molar refractivity (Wildman–Crippen MR) is 77.2 cm³/mol. The van der Waals surface area contributed by atoms with Crippen LogP contribution in [0, 0.1) is 5.82 Å². The molecule has 0 aliphatic heterocycles. The van der Waals surface area contributed by atoms with Gasteiger partial charge in [-0.2, -0.15) is 0 Å². The number of hydrogen-bond donors (Lipinski definition) is 0. The molecule has 0 aromatic heterocycles. The summed E-state index contributed by atoms with van der Waals surface area (Å²) in [6, 6.07) is 9.20. The lowest BCUT2D eigenvalue weighted by Crippen LogP contribution is -2.01. The molecule has 0 spiro atoms. The van der Waals surface area contributed by atoms with Crippen LogP contribution in [0.1, 0.15) is 17.3 Å². The second-order valence-corrected chi connectivity index (χ2v) is 5.01. The van der Waals surface area contributed by atoms with Gasteiger partial charge >= 0.3 is 0 Å². The number of carbonyl (C=O) groups excluding carboxylic acids is 1. The Kier molecular flexibility index (Phi) is 4.39. The fourth-order valence-electron chi connectivity index (χ4n) is 1.83. The molecule has 0 saturated heterocycles. The van der Waals surface area contributed by atoms with Crippen LogP contribution >= 0.6 is 15.9 Å². The molecule has 0 heterocycles. The van der Waals surface area contributed by atoms with Crippen LogP contribution in [0.5, 0.6) is 17.2 Å². The molecule has 0 amide bonds. The molecule has 0 aliphatic carbocycles. The largest absolute Gasteiger partial charge is 0.496 e. The summed E-state index contributed by atoms with van der Waals surface area (Å²) in [5.74, 6) is 0.432. The van der Waals surface area contributed by atoms with Crippen molar-refractivity contribution in [1.29, 1.82) is 0 Å². The number of ether oxygens (including phenoxy) is 2. The van der Waals surface area contributed by atoms with Crippen molar-refractivity contribution in [2.24, 2.45) is 0 Å². The molecule has 0 N–H and O–H groups in total. The van der Waals surface area contributed by atoms with Gasteiger partial charge in [-0.3, -0.25) is 4.79 Å². The highest BCUT2D eigenvalue weighted by atomic mass is 79.9. The molecule has 0 bridgehead atoms. The highest BCUT2D eigenvalue weighted by Gasteiger charge is 2.15.